The van der Waals surface area contributed by atoms with Gasteiger partial charge in [0, 0.05) is 23.6 Å². The van der Waals surface area contributed by atoms with Crippen LogP contribution in [0.2, 0.25) is 0 Å². The lowest BCUT2D eigenvalue weighted by Gasteiger charge is -2.25. The second-order valence-corrected chi connectivity index (χ2v) is 6.70. The smallest absolute Gasteiger partial charge is 0.0234 e. The third-order valence-electron chi connectivity index (χ3n) is 3.41. The van der Waals surface area contributed by atoms with E-state index >= 15 is 0 Å². The first-order valence-electron chi connectivity index (χ1n) is 7.14. The number of hydrogen-bond acceptors (Lipinski definition) is 2. The van der Waals surface area contributed by atoms with E-state index in [1.54, 1.807) is 0 Å². The van der Waals surface area contributed by atoms with Gasteiger partial charge in [0.05, 0.1) is 0 Å². The maximum atomic E-state index is 3.54. The molecule has 1 rings (SSSR count). The van der Waals surface area contributed by atoms with E-state index < -0.39 is 0 Å². The van der Waals surface area contributed by atoms with Crippen LogP contribution in [0.25, 0.3) is 0 Å². The van der Waals surface area contributed by atoms with Crippen molar-refractivity contribution in [2.24, 2.45) is 5.92 Å². The summed E-state index contributed by atoms with van der Waals surface area (Å²) in [6, 6.07) is 9.08. The lowest BCUT2D eigenvalue weighted by molar-refractivity contribution is 0.242. The zero-order valence-corrected chi connectivity index (χ0v) is 14.2. The molecule has 0 radical (unpaired) electrons. The fraction of sp³-hybridized carbons (Fsp3) is 0.625. The number of nitrogens with zero attached hydrogens (tertiary/aromatic N) is 1. The Morgan fingerprint density at radius 2 is 2.00 bits per heavy atom. The van der Waals surface area contributed by atoms with Gasteiger partial charge in [-0.05, 0) is 50.6 Å². The van der Waals surface area contributed by atoms with Crippen LogP contribution in [0, 0.1) is 5.92 Å². The molecule has 1 aromatic carbocycles. The molecule has 0 saturated carbocycles. The molecular formula is C16H27BrN2. The number of hydrogen-bond donors (Lipinski definition) is 1. The Balaban J connectivity index is 2.30. The normalized spacial score (nSPS) is 13.2. The number of likely N-dealkylation sites (N-methyl/N-ethyl adjacent to an activating group) is 1. The van der Waals surface area contributed by atoms with Crippen molar-refractivity contribution < 1.29 is 0 Å². The molecule has 0 amide bonds. The standard InChI is InChI=1S/C16H27BrN2/c1-13(2)8-9-18-11-14(3)19(4)12-15-6-5-7-16(17)10-15/h5-7,10,13-14,18H,8-9,11-12H2,1-4H3. The summed E-state index contributed by atoms with van der Waals surface area (Å²) in [5.74, 6) is 0.780. The molecule has 2 nitrogen and oxygen atoms in total. The number of rotatable bonds is 8. The molecular weight excluding hydrogens is 300 g/mol. The zero-order valence-electron chi connectivity index (χ0n) is 12.6. The van der Waals surface area contributed by atoms with Crippen LogP contribution in [0.15, 0.2) is 28.7 Å². The van der Waals surface area contributed by atoms with Gasteiger partial charge in [-0.25, -0.2) is 0 Å². The molecule has 1 atom stereocenters. The van der Waals surface area contributed by atoms with Crippen LogP contribution in [0.3, 0.4) is 0 Å². The van der Waals surface area contributed by atoms with Crippen molar-refractivity contribution in [3.8, 4) is 0 Å². The van der Waals surface area contributed by atoms with Crippen LogP contribution in [0.4, 0.5) is 0 Å². The Hall–Kier alpha value is -0.380. The summed E-state index contributed by atoms with van der Waals surface area (Å²) in [5, 5.41) is 3.54. The Bertz CT molecular complexity index is 366. The van der Waals surface area contributed by atoms with Crippen LogP contribution in [0.5, 0.6) is 0 Å². The topological polar surface area (TPSA) is 15.3 Å². The Morgan fingerprint density at radius 1 is 1.26 bits per heavy atom. The van der Waals surface area contributed by atoms with Crippen LogP contribution in [-0.2, 0) is 6.54 Å². The fourth-order valence-electron chi connectivity index (χ4n) is 1.94. The number of nitrogens with one attached hydrogen (secondary N) is 1. The second kappa shape index (κ2) is 8.72. The molecule has 1 aromatic rings. The third kappa shape index (κ3) is 7.09. The van der Waals surface area contributed by atoms with Gasteiger partial charge >= 0.3 is 0 Å². The summed E-state index contributed by atoms with van der Waals surface area (Å²) in [6.45, 7) is 9.98. The van der Waals surface area contributed by atoms with Gasteiger partial charge in [-0.1, -0.05) is 41.9 Å². The molecule has 0 aliphatic carbocycles. The lowest BCUT2D eigenvalue weighted by Crippen LogP contribution is -2.38. The highest BCUT2D eigenvalue weighted by Crippen LogP contribution is 2.13. The average Bonchev–Trinajstić information content (AvgIpc) is 2.34. The summed E-state index contributed by atoms with van der Waals surface area (Å²) < 4.78 is 1.15. The van der Waals surface area contributed by atoms with E-state index in [0.29, 0.717) is 6.04 Å². The first kappa shape index (κ1) is 16.7. The van der Waals surface area contributed by atoms with Crippen LogP contribution >= 0.6 is 15.9 Å². The number of benzene rings is 1. The van der Waals surface area contributed by atoms with Gasteiger partial charge in [-0.3, -0.25) is 4.90 Å². The first-order chi connectivity index (χ1) is 8.99. The molecule has 1 N–H and O–H groups in total. The molecule has 0 aromatic heterocycles. The molecule has 0 bridgehead atoms. The first-order valence-corrected chi connectivity index (χ1v) is 7.93. The quantitative estimate of drug-likeness (QED) is 0.729. The Labute approximate surface area is 126 Å². The van der Waals surface area contributed by atoms with Crippen molar-refractivity contribution in [2.75, 3.05) is 20.1 Å². The maximum Gasteiger partial charge on any atom is 0.0234 e. The molecule has 19 heavy (non-hydrogen) atoms. The lowest BCUT2D eigenvalue weighted by atomic mass is 10.1. The Morgan fingerprint density at radius 3 is 2.63 bits per heavy atom. The molecule has 0 fully saturated rings. The molecule has 1 unspecified atom stereocenters. The fourth-order valence-corrected chi connectivity index (χ4v) is 2.38. The van der Waals surface area contributed by atoms with Gasteiger partial charge in [0.25, 0.3) is 0 Å². The van der Waals surface area contributed by atoms with E-state index in [4.69, 9.17) is 0 Å². The third-order valence-corrected chi connectivity index (χ3v) is 3.90. The van der Waals surface area contributed by atoms with E-state index in [0.717, 1.165) is 30.0 Å². The summed E-state index contributed by atoms with van der Waals surface area (Å²) in [6.07, 6.45) is 1.25. The van der Waals surface area contributed by atoms with Crippen molar-refractivity contribution >= 4 is 15.9 Å². The van der Waals surface area contributed by atoms with Gasteiger partial charge in [0.15, 0.2) is 0 Å². The molecule has 3 heteroatoms. The number of halogens is 1. The van der Waals surface area contributed by atoms with Gasteiger partial charge in [-0.2, -0.15) is 0 Å². The Kier molecular flexibility index (Phi) is 7.66. The molecule has 0 saturated heterocycles. The monoisotopic (exact) mass is 326 g/mol. The van der Waals surface area contributed by atoms with E-state index in [1.165, 1.54) is 12.0 Å². The van der Waals surface area contributed by atoms with Crippen LogP contribution in [0.1, 0.15) is 32.8 Å². The SMILES string of the molecule is CC(C)CCNCC(C)N(C)Cc1cccc(Br)c1. The van der Waals surface area contributed by atoms with Gasteiger partial charge < -0.3 is 5.32 Å². The van der Waals surface area contributed by atoms with Crippen molar-refractivity contribution in [1.29, 1.82) is 0 Å². The minimum absolute atomic E-state index is 0.547. The van der Waals surface area contributed by atoms with Gasteiger partial charge in [-0.15, -0.1) is 0 Å². The van der Waals surface area contributed by atoms with Crippen molar-refractivity contribution in [3.05, 3.63) is 34.3 Å². The van der Waals surface area contributed by atoms with Crippen molar-refractivity contribution in [1.82, 2.24) is 10.2 Å². The van der Waals surface area contributed by atoms with Crippen LogP contribution in [-0.4, -0.2) is 31.1 Å². The molecule has 0 heterocycles. The maximum absolute atomic E-state index is 3.54. The van der Waals surface area contributed by atoms with E-state index in [2.05, 4.69) is 78.2 Å². The van der Waals surface area contributed by atoms with E-state index in [-0.39, 0.29) is 0 Å². The van der Waals surface area contributed by atoms with E-state index in [9.17, 15) is 0 Å². The zero-order chi connectivity index (χ0) is 14.3. The highest BCUT2D eigenvalue weighted by Gasteiger charge is 2.09. The molecule has 0 aliphatic rings. The predicted octanol–water partition coefficient (Wildman–Crippen LogP) is 3.91. The van der Waals surface area contributed by atoms with Gasteiger partial charge in [0.2, 0.25) is 0 Å². The minimum atomic E-state index is 0.547. The van der Waals surface area contributed by atoms with Crippen molar-refractivity contribution in [3.63, 3.8) is 0 Å². The van der Waals surface area contributed by atoms with Crippen LogP contribution < -0.4 is 5.32 Å². The largest absolute Gasteiger partial charge is 0.315 e. The summed E-state index contributed by atoms with van der Waals surface area (Å²) in [5.41, 5.74) is 1.35. The highest BCUT2D eigenvalue weighted by atomic mass is 79.9. The van der Waals surface area contributed by atoms with E-state index in [1.807, 2.05) is 0 Å². The molecule has 108 valence electrons. The average molecular weight is 327 g/mol. The second-order valence-electron chi connectivity index (χ2n) is 5.78. The van der Waals surface area contributed by atoms with Crippen molar-refractivity contribution in [2.45, 2.75) is 39.8 Å². The van der Waals surface area contributed by atoms with Gasteiger partial charge in [0.1, 0.15) is 0 Å². The highest BCUT2D eigenvalue weighted by molar-refractivity contribution is 9.10. The molecule has 0 spiro atoms. The predicted molar refractivity (Wildman–Crippen MR) is 87.4 cm³/mol. The summed E-state index contributed by atoms with van der Waals surface area (Å²) in [4.78, 5) is 2.39. The summed E-state index contributed by atoms with van der Waals surface area (Å²) in [7, 11) is 2.19. The summed E-state index contributed by atoms with van der Waals surface area (Å²) >= 11 is 3.52. The molecule has 0 aliphatic heterocycles. The minimum Gasteiger partial charge on any atom is -0.315 e.